The van der Waals surface area contributed by atoms with Crippen LogP contribution in [0.15, 0.2) is 24.3 Å². The fraction of sp³-hybridized carbons (Fsp3) is 0.562. The van der Waals surface area contributed by atoms with Gasteiger partial charge in [0.2, 0.25) is 15.9 Å². The molecule has 0 radical (unpaired) electrons. The molecule has 0 unspecified atom stereocenters. The zero-order valence-corrected chi connectivity index (χ0v) is 14.1. The van der Waals surface area contributed by atoms with E-state index in [-0.39, 0.29) is 23.6 Å². The van der Waals surface area contributed by atoms with Crippen molar-refractivity contribution < 1.29 is 18.3 Å². The number of aromatic hydroxyl groups is 1. The first-order chi connectivity index (χ1) is 10.8. The number of hydrogen-bond acceptors (Lipinski definition) is 4. The average Bonchev–Trinajstić information content (AvgIpc) is 2.89. The minimum Gasteiger partial charge on any atom is -0.508 e. The molecule has 1 aromatic rings. The maximum atomic E-state index is 11.9. The SMILES string of the molecule is CS(=O)(=O)N[C@@H]1CCC[C@H]1CNC(=O)CCc1ccc(O)cc1. The quantitative estimate of drug-likeness (QED) is 0.694. The van der Waals surface area contributed by atoms with Crippen LogP contribution in [0.1, 0.15) is 31.2 Å². The fourth-order valence-electron chi connectivity index (χ4n) is 2.97. The molecular weight excluding hydrogens is 316 g/mol. The molecule has 0 bridgehead atoms. The van der Waals surface area contributed by atoms with E-state index in [4.69, 9.17) is 0 Å². The lowest BCUT2D eigenvalue weighted by molar-refractivity contribution is -0.121. The second-order valence-electron chi connectivity index (χ2n) is 6.16. The molecule has 0 aromatic heterocycles. The Morgan fingerprint density at radius 1 is 1.26 bits per heavy atom. The number of aryl methyl sites for hydroxylation is 1. The Balaban J connectivity index is 1.74. The van der Waals surface area contributed by atoms with Crippen molar-refractivity contribution in [3.05, 3.63) is 29.8 Å². The second kappa shape index (κ2) is 7.79. The number of amides is 1. The summed E-state index contributed by atoms with van der Waals surface area (Å²) in [5.74, 6) is 0.328. The van der Waals surface area contributed by atoms with E-state index in [1.54, 1.807) is 24.3 Å². The molecule has 3 N–H and O–H groups in total. The molecule has 128 valence electrons. The molecule has 0 aliphatic heterocycles. The number of carbonyl (C=O) groups is 1. The Morgan fingerprint density at radius 2 is 1.96 bits per heavy atom. The van der Waals surface area contributed by atoms with Crippen LogP contribution >= 0.6 is 0 Å². The molecule has 0 saturated heterocycles. The highest BCUT2D eigenvalue weighted by molar-refractivity contribution is 7.88. The molecule has 2 atom stereocenters. The Morgan fingerprint density at radius 3 is 2.61 bits per heavy atom. The number of phenols is 1. The zero-order chi connectivity index (χ0) is 16.9. The minimum absolute atomic E-state index is 0.0388. The maximum Gasteiger partial charge on any atom is 0.220 e. The summed E-state index contributed by atoms with van der Waals surface area (Å²) in [6.07, 6.45) is 4.87. The number of rotatable bonds is 7. The number of hydrogen-bond donors (Lipinski definition) is 3. The summed E-state index contributed by atoms with van der Waals surface area (Å²) in [4.78, 5) is 11.9. The van der Waals surface area contributed by atoms with E-state index >= 15 is 0 Å². The van der Waals surface area contributed by atoms with Gasteiger partial charge in [0.25, 0.3) is 0 Å². The molecule has 2 rings (SSSR count). The smallest absolute Gasteiger partial charge is 0.220 e. The van der Waals surface area contributed by atoms with E-state index in [1.807, 2.05) is 0 Å². The lowest BCUT2D eigenvalue weighted by Crippen LogP contribution is -2.41. The van der Waals surface area contributed by atoms with Gasteiger partial charge in [-0.05, 0) is 42.9 Å². The Bertz CT molecular complexity index is 628. The molecule has 23 heavy (non-hydrogen) atoms. The summed E-state index contributed by atoms with van der Waals surface area (Å²) < 4.78 is 25.3. The topological polar surface area (TPSA) is 95.5 Å². The highest BCUT2D eigenvalue weighted by atomic mass is 32.2. The number of carbonyl (C=O) groups excluding carboxylic acids is 1. The molecule has 1 fully saturated rings. The average molecular weight is 340 g/mol. The predicted molar refractivity (Wildman–Crippen MR) is 88.5 cm³/mol. The second-order valence-corrected chi connectivity index (χ2v) is 7.94. The first-order valence-corrected chi connectivity index (χ1v) is 9.74. The van der Waals surface area contributed by atoms with Crippen LogP contribution in [0.5, 0.6) is 5.75 Å². The molecular formula is C16H24N2O4S. The lowest BCUT2D eigenvalue weighted by atomic mass is 10.0. The summed E-state index contributed by atoms with van der Waals surface area (Å²) in [6, 6.07) is 6.72. The van der Waals surface area contributed by atoms with Gasteiger partial charge in [-0.1, -0.05) is 18.6 Å². The van der Waals surface area contributed by atoms with E-state index in [2.05, 4.69) is 10.0 Å². The van der Waals surface area contributed by atoms with E-state index in [1.165, 1.54) is 6.26 Å². The molecule has 1 aliphatic rings. The van der Waals surface area contributed by atoms with Crippen LogP contribution in [-0.2, 0) is 21.2 Å². The fourth-order valence-corrected chi connectivity index (χ4v) is 3.83. The van der Waals surface area contributed by atoms with Crippen LogP contribution in [0, 0.1) is 5.92 Å². The first-order valence-electron chi connectivity index (χ1n) is 7.85. The van der Waals surface area contributed by atoms with Crippen molar-refractivity contribution >= 4 is 15.9 Å². The van der Waals surface area contributed by atoms with Crippen LogP contribution in [0.3, 0.4) is 0 Å². The summed E-state index contributed by atoms with van der Waals surface area (Å²) in [6.45, 7) is 0.502. The van der Waals surface area contributed by atoms with Crippen LogP contribution < -0.4 is 10.0 Å². The molecule has 1 aromatic carbocycles. The number of benzene rings is 1. The number of nitrogens with one attached hydrogen (secondary N) is 2. The van der Waals surface area contributed by atoms with Crippen molar-refractivity contribution in [1.29, 1.82) is 0 Å². The molecule has 1 aliphatic carbocycles. The molecule has 0 spiro atoms. The summed E-state index contributed by atoms with van der Waals surface area (Å²) in [7, 11) is -3.21. The normalized spacial score (nSPS) is 21.3. The van der Waals surface area contributed by atoms with Crippen LogP contribution in [0.2, 0.25) is 0 Å². The number of sulfonamides is 1. The van der Waals surface area contributed by atoms with Gasteiger partial charge in [0, 0.05) is 19.0 Å². The van der Waals surface area contributed by atoms with Gasteiger partial charge in [-0.15, -0.1) is 0 Å². The van der Waals surface area contributed by atoms with Gasteiger partial charge in [-0.3, -0.25) is 4.79 Å². The largest absolute Gasteiger partial charge is 0.508 e. The van der Waals surface area contributed by atoms with E-state index in [9.17, 15) is 18.3 Å². The highest BCUT2D eigenvalue weighted by Gasteiger charge is 2.29. The third kappa shape index (κ3) is 6.19. The zero-order valence-electron chi connectivity index (χ0n) is 13.3. The Labute approximate surface area is 137 Å². The predicted octanol–water partition coefficient (Wildman–Crippen LogP) is 1.16. The van der Waals surface area contributed by atoms with Gasteiger partial charge in [0.1, 0.15) is 5.75 Å². The van der Waals surface area contributed by atoms with Crippen LogP contribution in [0.4, 0.5) is 0 Å². The van der Waals surface area contributed by atoms with Gasteiger partial charge in [0.15, 0.2) is 0 Å². The monoisotopic (exact) mass is 340 g/mol. The van der Waals surface area contributed by atoms with E-state index in [0.717, 1.165) is 24.8 Å². The van der Waals surface area contributed by atoms with Gasteiger partial charge in [0.05, 0.1) is 6.26 Å². The Hall–Kier alpha value is -1.60. The summed E-state index contributed by atoms with van der Waals surface area (Å²) in [5, 5.41) is 12.1. The van der Waals surface area contributed by atoms with E-state index in [0.29, 0.717) is 19.4 Å². The van der Waals surface area contributed by atoms with Crippen LogP contribution in [-0.4, -0.2) is 38.3 Å². The standard InChI is InChI=1S/C16H24N2O4S/c1-23(21,22)18-15-4-2-3-13(15)11-17-16(20)10-7-12-5-8-14(19)9-6-12/h5-6,8-9,13,15,18-19H,2-4,7,10-11H2,1H3,(H,17,20)/t13-,15+/m0/s1. The van der Waals surface area contributed by atoms with Crippen molar-refractivity contribution in [3.8, 4) is 5.75 Å². The van der Waals surface area contributed by atoms with Crippen molar-refractivity contribution in [2.45, 2.75) is 38.1 Å². The molecule has 6 nitrogen and oxygen atoms in total. The third-order valence-electron chi connectivity index (χ3n) is 4.16. The summed E-state index contributed by atoms with van der Waals surface area (Å²) >= 11 is 0. The minimum atomic E-state index is -3.21. The van der Waals surface area contributed by atoms with Crippen molar-refractivity contribution in [3.63, 3.8) is 0 Å². The van der Waals surface area contributed by atoms with Gasteiger partial charge in [-0.25, -0.2) is 13.1 Å². The molecule has 1 amide bonds. The van der Waals surface area contributed by atoms with Gasteiger partial charge < -0.3 is 10.4 Å². The molecule has 0 heterocycles. The molecule has 7 heteroatoms. The molecule has 1 saturated carbocycles. The number of phenolic OH excluding ortho intramolecular Hbond substituents is 1. The maximum absolute atomic E-state index is 11.9. The first kappa shape index (κ1) is 17.7. The highest BCUT2D eigenvalue weighted by Crippen LogP contribution is 2.25. The Kier molecular flexibility index (Phi) is 6.01. The van der Waals surface area contributed by atoms with Crippen LogP contribution in [0.25, 0.3) is 0 Å². The van der Waals surface area contributed by atoms with Gasteiger partial charge >= 0.3 is 0 Å². The van der Waals surface area contributed by atoms with Crippen molar-refractivity contribution in [1.82, 2.24) is 10.0 Å². The third-order valence-corrected chi connectivity index (χ3v) is 4.89. The van der Waals surface area contributed by atoms with Crippen molar-refractivity contribution in [2.75, 3.05) is 12.8 Å². The van der Waals surface area contributed by atoms with E-state index < -0.39 is 10.0 Å². The summed E-state index contributed by atoms with van der Waals surface area (Å²) in [5.41, 5.74) is 0.996. The van der Waals surface area contributed by atoms with Gasteiger partial charge in [-0.2, -0.15) is 0 Å². The van der Waals surface area contributed by atoms with Crippen molar-refractivity contribution in [2.24, 2.45) is 5.92 Å². The lowest BCUT2D eigenvalue weighted by Gasteiger charge is -2.20.